The molecule has 1 spiro atoms. The summed E-state index contributed by atoms with van der Waals surface area (Å²) in [6, 6.07) is 1.27. The Morgan fingerprint density at radius 3 is 2.65 bits per heavy atom. The van der Waals surface area contributed by atoms with Crippen molar-refractivity contribution in [2.24, 2.45) is 5.41 Å². The van der Waals surface area contributed by atoms with E-state index in [0.29, 0.717) is 38.3 Å². The Hall–Kier alpha value is -1.40. The van der Waals surface area contributed by atoms with Crippen molar-refractivity contribution in [3.8, 4) is 0 Å². The average Bonchev–Trinajstić information content (AvgIpc) is 2.61. The summed E-state index contributed by atoms with van der Waals surface area (Å²) in [5.74, 6) is -0.0706. The van der Waals surface area contributed by atoms with E-state index in [1.807, 2.05) is 4.90 Å². The average molecular weight is 341 g/mol. The fraction of sp³-hybridized carbons (Fsp3) is 0.625. The van der Waals surface area contributed by atoms with Crippen LogP contribution < -0.4 is 15.5 Å². The summed E-state index contributed by atoms with van der Waals surface area (Å²) in [6.07, 6.45) is 2.70. The van der Waals surface area contributed by atoms with Gasteiger partial charge in [0, 0.05) is 32.4 Å². The summed E-state index contributed by atoms with van der Waals surface area (Å²) in [6.45, 7) is 6.85. The van der Waals surface area contributed by atoms with Gasteiger partial charge in [-0.3, -0.25) is 4.79 Å². The minimum Gasteiger partial charge on any atom is -0.354 e. The van der Waals surface area contributed by atoms with Crippen LogP contribution in [0.25, 0.3) is 0 Å². The van der Waals surface area contributed by atoms with Crippen LogP contribution in [0.5, 0.6) is 0 Å². The Morgan fingerprint density at radius 1 is 1.30 bits per heavy atom. The number of nitrogens with zero attached hydrogens (tertiary/aromatic N) is 2. The van der Waals surface area contributed by atoms with Crippen molar-refractivity contribution in [1.29, 1.82) is 0 Å². The zero-order valence-corrected chi connectivity index (χ0v) is 14.2. The van der Waals surface area contributed by atoms with E-state index >= 15 is 0 Å². The van der Waals surface area contributed by atoms with Gasteiger partial charge in [0.05, 0.1) is 5.02 Å². The number of hydrogen-bond donors (Lipinski definition) is 2. The Bertz CT molecular complexity index is 614. The second kappa shape index (κ2) is 5.91. The fourth-order valence-corrected chi connectivity index (χ4v) is 3.33. The molecule has 7 heteroatoms. The lowest BCUT2D eigenvalue weighted by Gasteiger charge is -2.41. The van der Waals surface area contributed by atoms with Crippen molar-refractivity contribution in [2.45, 2.75) is 32.2 Å². The van der Waals surface area contributed by atoms with Crippen LogP contribution in [0.15, 0.2) is 12.3 Å². The number of halogens is 2. The molecule has 2 aliphatic rings. The van der Waals surface area contributed by atoms with E-state index in [9.17, 15) is 9.18 Å². The van der Waals surface area contributed by atoms with Gasteiger partial charge in [0.2, 0.25) is 5.91 Å². The van der Waals surface area contributed by atoms with E-state index < -0.39 is 11.4 Å². The molecule has 0 aliphatic carbocycles. The number of piperidine rings is 1. The molecular formula is C16H22ClFN4O. The van der Waals surface area contributed by atoms with Gasteiger partial charge in [-0.2, -0.15) is 0 Å². The van der Waals surface area contributed by atoms with Crippen LogP contribution in [0.2, 0.25) is 5.02 Å². The molecule has 3 heterocycles. The quantitative estimate of drug-likeness (QED) is 0.820. The van der Waals surface area contributed by atoms with Crippen molar-refractivity contribution < 1.29 is 9.18 Å². The Morgan fingerprint density at radius 2 is 2.00 bits per heavy atom. The van der Waals surface area contributed by atoms with E-state index in [2.05, 4.69) is 29.5 Å². The minimum atomic E-state index is -0.562. The predicted molar refractivity (Wildman–Crippen MR) is 88.2 cm³/mol. The van der Waals surface area contributed by atoms with E-state index in [-0.39, 0.29) is 16.3 Å². The van der Waals surface area contributed by atoms with Crippen molar-refractivity contribution in [1.82, 2.24) is 15.6 Å². The smallest absolute Gasteiger partial charge is 0.240 e. The van der Waals surface area contributed by atoms with Gasteiger partial charge in [-0.1, -0.05) is 25.4 Å². The molecule has 2 saturated heterocycles. The third-order valence-electron chi connectivity index (χ3n) is 4.77. The van der Waals surface area contributed by atoms with Crippen molar-refractivity contribution in [3.05, 3.63) is 23.1 Å². The summed E-state index contributed by atoms with van der Waals surface area (Å²) in [5, 5.41) is 6.78. The highest BCUT2D eigenvalue weighted by Gasteiger charge is 2.44. The SMILES string of the molecule is CC1(C)CNC(=O)C2(CCN(c3ncc(Cl)cc3F)CC2)NC1. The van der Waals surface area contributed by atoms with Crippen LogP contribution in [-0.2, 0) is 4.79 Å². The second-order valence-corrected chi connectivity index (χ2v) is 7.67. The molecule has 1 aromatic rings. The van der Waals surface area contributed by atoms with Gasteiger partial charge in [0.15, 0.2) is 11.6 Å². The number of nitrogens with one attached hydrogen (secondary N) is 2. The zero-order valence-electron chi connectivity index (χ0n) is 13.5. The summed E-state index contributed by atoms with van der Waals surface area (Å²) in [4.78, 5) is 18.5. The first kappa shape index (κ1) is 16.5. The Balaban J connectivity index is 1.73. The number of anilines is 1. The van der Waals surface area contributed by atoms with Crippen LogP contribution in [-0.4, -0.2) is 42.6 Å². The maximum absolute atomic E-state index is 14.0. The highest BCUT2D eigenvalue weighted by atomic mass is 35.5. The molecule has 2 fully saturated rings. The number of carbonyl (C=O) groups is 1. The fourth-order valence-electron chi connectivity index (χ4n) is 3.18. The number of carbonyl (C=O) groups excluding carboxylic acids is 1. The monoisotopic (exact) mass is 340 g/mol. The van der Waals surface area contributed by atoms with Gasteiger partial charge >= 0.3 is 0 Å². The molecule has 0 radical (unpaired) electrons. The molecule has 126 valence electrons. The van der Waals surface area contributed by atoms with Gasteiger partial charge in [-0.25, -0.2) is 9.37 Å². The van der Waals surface area contributed by atoms with Crippen LogP contribution >= 0.6 is 11.6 Å². The first-order chi connectivity index (χ1) is 10.8. The van der Waals surface area contributed by atoms with Crippen molar-refractivity contribution >= 4 is 23.3 Å². The van der Waals surface area contributed by atoms with Crippen LogP contribution in [0.1, 0.15) is 26.7 Å². The third kappa shape index (κ3) is 3.28. The topological polar surface area (TPSA) is 57.3 Å². The van der Waals surface area contributed by atoms with Gasteiger partial charge in [-0.15, -0.1) is 0 Å². The number of pyridine rings is 1. The van der Waals surface area contributed by atoms with Crippen molar-refractivity contribution in [3.63, 3.8) is 0 Å². The molecule has 1 aromatic heterocycles. The number of amides is 1. The lowest BCUT2D eigenvalue weighted by molar-refractivity contribution is -0.127. The number of hydrogen-bond acceptors (Lipinski definition) is 4. The standard InChI is InChI=1S/C16H22ClFN4O/c1-15(2)9-20-14(23)16(21-10-15)3-5-22(6-4-16)13-12(18)7-11(17)8-19-13/h7-8,21H,3-6,9-10H2,1-2H3,(H,20,23). The lowest BCUT2D eigenvalue weighted by atomic mass is 9.86. The molecule has 3 rings (SSSR count). The van der Waals surface area contributed by atoms with Gasteiger partial charge in [-0.05, 0) is 24.3 Å². The normalized spacial score (nSPS) is 23.5. The second-order valence-electron chi connectivity index (χ2n) is 7.23. The summed E-state index contributed by atoms with van der Waals surface area (Å²) >= 11 is 5.75. The molecule has 1 amide bonds. The Kier molecular flexibility index (Phi) is 4.23. The minimum absolute atomic E-state index is 0.0279. The lowest BCUT2D eigenvalue weighted by Crippen LogP contribution is -2.60. The van der Waals surface area contributed by atoms with E-state index in [1.165, 1.54) is 12.3 Å². The van der Waals surface area contributed by atoms with Gasteiger partial charge in [0.25, 0.3) is 0 Å². The third-order valence-corrected chi connectivity index (χ3v) is 4.98. The molecule has 0 unspecified atom stereocenters. The molecule has 2 aliphatic heterocycles. The van der Waals surface area contributed by atoms with E-state index in [1.54, 1.807) is 0 Å². The molecule has 0 atom stereocenters. The molecular weight excluding hydrogens is 319 g/mol. The van der Waals surface area contributed by atoms with Crippen LogP contribution in [0, 0.1) is 11.2 Å². The largest absolute Gasteiger partial charge is 0.354 e. The summed E-state index contributed by atoms with van der Waals surface area (Å²) in [7, 11) is 0. The molecule has 2 N–H and O–H groups in total. The summed E-state index contributed by atoms with van der Waals surface area (Å²) in [5.41, 5.74) is -0.534. The van der Waals surface area contributed by atoms with Crippen LogP contribution in [0.3, 0.4) is 0 Å². The van der Waals surface area contributed by atoms with Crippen LogP contribution in [0.4, 0.5) is 10.2 Å². The zero-order chi connectivity index (χ0) is 16.7. The van der Waals surface area contributed by atoms with E-state index in [0.717, 1.165) is 6.54 Å². The van der Waals surface area contributed by atoms with E-state index in [4.69, 9.17) is 11.6 Å². The first-order valence-corrected chi connectivity index (χ1v) is 8.29. The Labute approximate surface area is 140 Å². The maximum Gasteiger partial charge on any atom is 0.240 e. The van der Waals surface area contributed by atoms with Gasteiger partial charge in [0.1, 0.15) is 5.54 Å². The highest BCUT2D eigenvalue weighted by Crippen LogP contribution is 2.30. The maximum atomic E-state index is 14.0. The molecule has 23 heavy (non-hydrogen) atoms. The number of rotatable bonds is 1. The summed E-state index contributed by atoms with van der Waals surface area (Å²) < 4.78 is 14.0. The number of aromatic nitrogens is 1. The molecule has 0 saturated carbocycles. The molecule has 5 nitrogen and oxygen atoms in total. The van der Waals surface area contributed by atoms with Crippen molar-refractivity contribution in [2.75, 3.05) is 31.1 Å². The predicted octanol–water partition coefficient (Wildman–Crippen LogP) is 1.96. The molecule has 0 bridgehead atoms. The molecule has 0 aromatic carbocycles. The highest BCUT2D eigenvalue weighted by molar-refractivity contribution is 6.30. The van der Waals surface area contributed by atoms with Gasteiger partial charge < -0.3 is 15.5 Å². The first-order valence-electron chi connectivity index (χ1n) is 7.91.